The second-order valence-corrected chi connectivity index (χ2v) is 2.90. The summed E-state index contributed by atoms with van der Waals surface area (Å²) in [6.45, 7) is 1.93. The Kier molecular flexibility index (Phi) is 1.43. The molecule has 0 saturated heterocycles. The Balaban J connectivity index is 2.45. The second kappa shape index (κ2) is 2.43. The van der Waals surface area contributed by atoms with Gasteiger partial charge in [0.1, 0.15) is 0 Å². The minimum atomic E-state index is 0.489. The van der Waals surface area contributed by atoms with E-state index in [9.17, 15) is 0 Å². The van der Waals surface area contributed by atoms with Crippen molar-refractivity contribution in [2.75, 3.05) is 0 Å². The van der Waals surface area contributed by atoms with Crippen molar-refractivity contribution in [3.63, 3.8) is 0 Å². The normalized spacial score (nSPS) is 10.3. The van der Waals surface area contributed by atoms with E-state index in [0.29, 0.717) is 5.89 Å². The van der Waals surface area contributed by atoms with Crippen LogP contribution in [0.1, 0.15) is 5.69 Å². The number of aryl methyl sites for hydroxylation is 1. The molecular weight excluding hydrogens is 162 g/mol. The van der Waals surface area contributed by atoms with E-state index in [2.05, 4.69) is 15.1 Å². The number of thiazole rings is 1. The molecule has 0 aliphatic heterocycles. The Morgan fingerprint density at radius 3 is 3.00 bits per heavy atom. The molecule has 0 aliphatic rings. The third kappa shape index (κ3) is 1.14. The van der Waals surface area contributed by atoms with Crippen LogP contribution in [0, 0.1) is 6.92 Å². The fraction of sp³-hybridized carbons (Fsp3) is 0.167. The van der Waals surface area contributed by atoms with Crippen LogP contribution in [0.4, 0.5) is 0 Å². The SMILES string of the molecule is Cc1csc(-c2ncno2)n1. The van der Waals surface area contributed by atoms with Gasteiger partial charge >= 0.3 is 0 Å². The Labute approximate surface area is 66.9 Å². The van der Waals surface area contributed by atoms with Crippen molar-refractivity contribution < 1.29 is 4.52 Å². The van der Waals surface area contributed by atoms with Crippen molar-refractivity contribution in [2.24, 2.45) is 0 Å². The molecule has 0 amide bonds. The molecule has 0 aromatic carbocycles. The summed E-state index contributed by atoms with van der Waals surface area (Å²) < 4.78 is 4.82. The highest BCUT2D eigenvalue weighted by Gasteiger charge is 2.06. The summed E-state index contributed by atoms with van der Waals surface area (Å²) in [4.78, 5) is 8.05. The highest BCUT2D eigenvalue weighted by Crippen LogP contribution is 2.19. The molecule has 5 heteroatoms. The molecule has 2 aromatic heterocycles. The van der Waals surface area contributed by atoms with Crippen molar-refractivity contribution in [2.45, 2.75) is 6.92 Å². The van der Waals surface area contributed by atoms with Crippen molar-refractivity contribution >= 4 is 11.3 Å². The Bertz CT molecular complexity index is 340. The monoisotopic (exact) mass is 167 g/mol. The van der Waals surface area contributed by atoms with Crippen LogP contribution >= 0.6 is 11.3 Å². The van der Waals surface area contributed by atoms with Gasteiger partial charge in [0.05, 0.1) is 0 Å². The van der Waals surface area contributed by atoms with Crippen LogP contribution in [0.25, 0.3) is 10.9 Å². The predicted octanol–water partition coefficient (Wildman–Crippen LogP) is 1.50. The molecule has 2 aromatic rings. The van der Waals surface area contributed by atoms with Gasteiger partial charge < -0.3 is 4.52 Å². The van der Waals surface area contributed by atoms with Crippen LogP contribution in [0.5, 0.6) is 0 Å². The van der Waals surface area contributed by atoms with E-state index in [1.165, 1.54) is 17.7 Å². The van der Waals surface area contributed by atoms with E-state index in [-0.39, 0.29) is 0 Å². The van der Waals surface area contributed by atoms with Gasteiger partial charge in [0.25, 0.3) is 5.89 Å². The van der Waals surface area contributed by atoms with Crippen LogP contribution in [0.15, 0.2) is 16.2 Å². The first-order chi connectivity index (χ1) is 5.36. The van der Waals surface area contributed by atoms with Gasteiger partial charge in [0, 0.05) is 11.1 Å². The predicted molar refractivity (Wildman–Crippen MR) is 40.1 cm³/mol. The molecule has 0 fully saturated rings. The summed E-state index contributed by atoms with van der Waals surface area (Å²) in [5.41, 5.74) is 0.975. The number of hydrogen-bond donors (Lipinski definition) is 0. The van der Waals surface area contributed by atoms with Crippen LogP contribution in [-0.4, -0.2) is 15.1 Å². The summed E-state index contributed by atoms with van der Waals surface area (Å²) in [7, 11) is 0. The molecule has 2 heterocycles. The Morgan fingerprint density at radius 2 is 2.45 bits per heavy atom. The minimum Gasteiger partial charge on any atom is -0.332 e. The molecule has 2 rings (SSSR count). The maximum atomic E-state index is 4.82. The number of aromatic nitrogens is 3. The zero-order valence-electron chi connectivity index (χ0n) is 5.81. The molecule has 0 unspecified atom stereocenters. The second-order valence-electron chi connectivity index (χ2n) is 2.04. The van der Waals surface area contributed by atoms with Crippen LogP contribution in [0.3, 0.4) is 0 Å². The number of nitrogens with zero attached hydrogens (tertiary/aromatic N) is 3. The average Bonchev–Trinajstić information content (AvgIpc) is 2.55. The molecule has 11 heavy (non-hydrogen) atoms. The molecule has 0 bridgehead atoms. The van der Waals surface area contributed by atoms with Crippen molar-refractivity contribution in [1.82, 2.24) is 15.1 Å². The third-order valence-corrected chi connectivity index (χ3v) is 2.11. The highest BCUT2D eigenvalue weighted by atomic mass is 32.1. The zero-order valence-corrected chi connectivity index (χ0v) is 6.63. The highest BCUT2D eigenvalue weighted by molar-refractivity contribution is 7.13. The molecule has 56 valence electrons. The van der Waals surface area contributed by atoms with Crippen LogP contribution in [-0.2, 0) is 0 Å². The summed E-state index contributed by atoms with van der Waals surface area (Å²) in [5, 5.41) is 6.21. The van der Waals surface area contributed by atoms with Crippen LogP contribution < -0.4 is 0 Å². The molecular formula is C6H5N3OS. The van der Waals surface area contributed by atoms with E-state index >= 15 is 0 Å². The van der Waals surface area contributed by atoms with E-state index in [1.54, 1.807) is 0 Å². The maximum absolute atomic E-state index is 4.82. The fourth-order valence-electron chi connectivity index (χ4n) is 0.720. The smallest absolute Gasteiger partial charge is 0.286 e. The van der Waals surface area contributed by atoms with Gasteiger partial charge in [-0.05, 0) is 6.92 Å². The largest absolute Gasteiger partial charge is 0.332 e. The first kappa shape index (κ1) is 6.48. The van der Waals surface area contributed by atoms with Gasteiger partial charge in [0.2, 0.25) is 0 Å². The molecule has 4 nitrogen and oxygen atoms in total. The minimum absolute atomic E-state index is 0.489. The van der Waals surface area contributed by atoms with Gasteiger partial charge in [-0.2, -0.15) is 4.98 Å². The maximum Gasteiger partial charge on any atom is 0.286 e. The summed E-state index contributed by atoms with van der Waals surface area (Å²) in [6, 6.07) is 0. The van der Waals surface area contributed by atoms with Crippen LogP contribution in [0.2, 0.25) is 0 Å². The first-order valence-corrected chi connectivity index (χ1v) is 3.93. The lowest BCUT2D eigenvalue weighted by Gasteiger charge is -1.80. The van der Waals surface area contributed by atoms with Gasteiger partial charge in [-0.25, -0.2) is 4.98 Å². The van der Waals surface area contributed by atoms with E-state index in [1.807, 2.05) is 12.3 Å². The lowest BCUT2D eigenvalue weighted by molar-refractivity contribution is 0.430. The lowest BCUT2D eigenvalue weighted by Crippen LogP contribution is -1.74. The lowest BCUT2D eigenvalue weighted by atomic mass is 10.6. The zero-order chi connectivity index (χ0) is 7.68. The van der Waals surface area contributed by atoms with E-state index < -0.39 is 0 Å². The van der Waals surface area contributed by atoms with Crippen molar-refractivity contribution in [3.8, 4) is 10.9 Å². The molecule has 0 radical (unpaired) electrons. The fourth-order valence-corrected chi connectivity index (χ4v) is 1.44. The Hall–Kier alpha value is -1.23. The topological polar surface area (TPSA) is 51.8 Å². The number of hydrogen-bond acceptors (Lipinski definition) is 5. The van der Waals surface area contributed by atoms with Crippen molar-refractivity contribution in [1.29, 1.82) is 0 Å². The van der Waals surface area contributed by atoms with Gasteiger partial charge in [0.15, 0.2) is 11.3 Å². The molecule has 0 N–H and O–H groups in total. The summed E-state index contributed by atoms with van der Waals surface area (Å²) in [5.74, 6) is 0.489. The van der Waals surface area contributed by atoms with Gasteiger partial charge in [-0.15, -0.1) is 11.3 Å². The number of rotatable bonds is 1. The quantitative estimate of drug-likeness (QED) is 0.645. The molecule has 0 saturated carbocycles. The van der Waals surface area contributed by atoms with E-state index in [0.717, 1.165) is 10.7 Å². The molecule has 0 atom stereocenters. The van der Waals surface area contributed by atoms with Gasteiger partial charge in [-0.1, -0.05) is 5.16 Å². The standard InChI is InChI=1S/C6H5N3OS/c1-4-2-11-6(9-4)5-7-3-8-10-5/h2-3H,1H3. The molecule has 0 spiro atoms. The van der Waals surface area contributed by atoms with Crippen molar-refractivity contribution in [3.05, 3.63) is 17.4 Å². The average molecular weight is 167 g/mol. The van der Waals surface area contributed by atoms with E-state index in [4.69, 9.17) is 4.52 Å². The molecule has 0 aliphatic carbocycles. The first-order valence-electron chi connectivity index (χ1n) is 3.05. The Morgan fingerprint density at radius 1 is 1.55 bits per heavy atom. The third-order valence-electron chi connectivity index (χ3n) is 1.16. The van der Waals surface area contributed by atoms with Gasteiger partial charge in [-0.3, -0.25) is 0 Å². The summed E-state index contributed by atoms with van der Waals surface area (Å²) >= 11 is 1.50. The summed E-state index contributed by atoms with van der Waals surface area (Å²) in [6.07, 6.45) is 1.37.